The molecule has 0 radical (unpaired) electrons. The van der Waals surface area contributed by atoms with Gasteiger partial charge in [-0.25, -0.2) is 0 Å². The lowest BCUT2D eigenvalue weighted by atomic mass is 9.78. The maximum atomic E-state index is 5.76. The number of nitrogens with zero attached hydrogens (tertiary/aromatic N) is 1. The Balaban J connectivity index is 1.90. The van der Waals surface area contributed by atoms with Crippen molar-refractivity contribution in [2.75, 3.05) is 13.1 Å². The van der Waals surface area contributed by atoms with Gasteiger partial charge in [0.2, 0.25) is 0 Å². The zero-order chi connectivity index (χ0) is 10.1. The van der Waals surface area contributed by atoms with Gasteiger partial charge in [-0.2, -0.15) is 0 Å². The maximum absolute atomic E-state index is 5.76. The molecule has 1 aliphatic heterocycles. The Labute approximate surface area is 87.8 Å². The highest BCUT2D eigenvalue weighted by Crippen LogP contribution is 2.35. The van der Waals surface area contributed by atoms with Gasteiger partial charge in [0.15, 0.2) is 0 Å². The van der Waals surface area contributed by atoms with Gasteiger partial charge in [-0.05, 0) is 37.5 Å². The molecule has 1 heterocycles. The van der Waals surface area contributed by atoms with E-state index in [-0.39, 0.29) is 0 Å². The highest BCUT2D eigenvalue weighted by atomic mass is 15.2. The molecule has 2 nitrogen and oxygen atoms in total. The molecule has 1 saturated carbocycles. The standard InChI is InChI=1S/C12H24N2/c1-9-5-10(2)7-12(6-9)14-4-3-11(14)8-13/h9-12H,3-8,13H2,1-2H3. The van der Waals surface area contributed by atoms with Gasteiger partial charge >= 0.3 is 0 Å². The predicted molar refractivity (Wildman–Crippen MR) is 60.1 cm³/mol. The van der Waals surface area contributed by atoms with E-state index in [1.165, 1.54) is 32.2 Å². The molecular weight excluding hydrogens is 172 g/mol. The molecule has 2 aliphatic rings. The van der Waals surface area contributed by atoms with Crippen LogP contribution in [0.3, 0.4) is 0 Å². The van der Waals surface area contributed by atoms with E-state index < -0.39 is 0 Å². The first kappa shape index (κ1) is 10.4. The monoisotopic (exact) mass is 196 g/mol. The van der Waals surface area contributed by atoms with Crippen LogP contribution in [0.1, 0.15) is 39.5 Å². The van der Waals surface area contributed by atoms with Crippen LogP contribution < -0.4 is 5.73 Å². The maximum Gasteiger partial charge on any atom is 0.0233 e. The number of nitrogens with two attached hydrogens (primary N) is 1. The molecule has 0 amide bonds. The van der Waals surface area contributed by atoms with E-state index in [9.17, 15) is 0 Å². The van der Waals surface area contributed by atoms with E-state index >= 15 is 0 Å². The van der Waals surface area contributed by atoms with Crippen molar-refractivity contribution in [3.05, 3.63) is 0 Å². The SMILES string of the molecule is CC1CC(C)CC(N2CCC2CN)C1. The minimum absolute atomic E-state index is 0.706. The fraction of sp³-hybridized carbons (Fsp3) is 1.00. The Morgan fingerprint density at radius 2 is 1.79 bits per heavy atom. The first-order valence-corrected chi connectivity index (χ1v) is 6.16. The quantitative estimate of drug-likeness (QED) is 0.730. The summed E-state index contributed by atoms with van der Waals surface area (Å²) in [6.45, 7) is 6.96. The van der Waals surface area contributed by atoms with Crippen molar-refractivity contribution in [2.45, 2.75) is 51.6 Å². The summed E-state index contributed by atoms with van der Waals surface area (Å²) in [5.41, 5.74) is 5.76. The van der Waals surface area contributed by atoms with E-state index in [0.29, 0.717) is 6.04 Å². The van der Waals surface area contributed by atoms with Crippen LogP contribution in [0.4, 0.5) is 0 Å². The van der Waals surface area contributed by atoms with Crippen LogP contribution in [0.25, 0.3) is 0 Å². The third-order valence-corrected chi connectivity index (χ3v) is 4.08. The van der Waals surface area contributed by atoms with Gasteiger partial charge in [0.1, 0.15) is 0 Å². The molecular formula is C12H24N2. The lowest BCUT2D eigenvalue weighted by Crippen LogP contribution is -2.57. The summed E-state index contributed by atoms with van der Waals surface area (Å²) >= 11 is 0. The fourth-order valence-electron chi connectivity index (χ4n) is 3.37. The Bertz CT molecular complexity index is 181. The first-order valence-electron chi connectivity index (χ1n) is 6.16. The van der Waals surface area contributed by atoms with Gasteiger partial charge in [0.05, 0.1) is 0 Å². The first-order chi connectivity index (χ1) is 6.70. The fourth-order valence-corrected chi connectivity index (χ4v) is 3.37. The van der Waals surface area contributed by atoms with Crippen LogP contribution >= 0.6 is 0 Å². The summed E-state index contributed by atoms with van der Waals surface area (Å²) in [6, 6.07) is 1.55. The Morgan fingerprint density at radius 3 is 2.21 bits per heavy atom. The Kier molecular flexibility index (Phi) is 3.13. The molecule has 1 saturated heterocycles. The molecule has 1 aliphatic carbocycles. The molecule has 0 aromatic carbocycles. The lowest BCUT2D eigenvalue weighted by molar-refractivity contribution is 0.00853. The van der Waals surface area contributed by atoms with Gasteiger partial charge in [0, 0.05) is 25.2 Å². The van der Waals surface area contributed by atoms with Crippen molar-refractivity contribution in [2.24, 2.45) is 17.6 Å². The Hall–Kier alpha value is -0.0800. The predicted octanol–water partition coefficient (Wildman–Crippen LogP) is 1.84. The summed E-state index contributed by atoms with van der Waals surface area (Å²) in [5, 5.41) is 0. The topological polar surface area (TPSA) is 29.3 Å². The summed E-state index contributed by atoms with van der Waals surface area (Å²) in [6.07, 6.45) is 5.56. The average Bonchev–Trinajstić information content (AvgIpc) is 2.00. The number of likely N-dealkylation sites (tertiary alicyclic amines) is 1. The molecule has 0 spiro atoms. The third-order valence-electron chi connectivity index (χ3n) is 4.08. The third kappa shape index (κ3) is 1.96. The van der Waals surface area contributed by atoms with Crippen LogP contribution in [0, 0.1) is 11.8 Å². The summed E-state index contributed by atoms with van der Waals surface area (Å²) in [7, 11) is 0. The minimum atomic E-state index is 0.706. The lowest BCUT2D eigenvalue weighted by Gasteiger charge is -2.49. The zero-order valence-electron chi connectivity index (χ0n) is 9.58. The molecule has 3 unspecified atom stereocenters. The second-order valence-corrected chi connectivity index (χ2v) is 5.49. The largest absolute Gasteiger partial charge is 0.329 e. The number of hydrogen-bond acceptors (Lipinski definition) is 2. The van der Waals surface area contributed by atoms with E-state index in [4.69, 9.17) is 5.73 Å². The molecule has 0 bridgehead atoms. The molecule has 2 N–H and O–H groups in total. The second kappa shape index (κ2) is 4.19. The van der Waals surface area contributed by atoms with Gasteiger partial charge in [-0.3, -0.25) is 4.90 Å². The van der Waals surface area contributed by atoms with Crippen molar-refractivity contribution in [3.63, 3.8) is 0 Å². The van der Waals surface area contributed by atoms with Gasteiger partial charge < -0.3 is 5.73 Å². The molecule has 2 rings (SSSR count). The van der Waals surface area contributed by atoms with Crippen LogP contribution in [0.5, 0.6) is 0 Å². The molecule has 14 heavy (non-hydrogen) atoms. The number of hydrogen-bond donors (Lipinski definition) is 1. The zero-order valence-corrected chi connectivity index (χ0v) is 9.58. The number of rotatable bonds is 2. The van der Waals surface area contributed by atoms with Crippen molar-refractivity contribution in [1.29, 1.82) is 0 Å². The smallest absolute Gasteiger partial charge is 0.0233 e. The summed E-state index contributed by atoms with van der Waals surface area (Å²) < 4.78 is 0. The van der Waals surface area contributed by atoms with E-state index in [1.807, 2.05) is 0 Å². The van der Waals surface area contributed by atoms with Crippen molar-refractivity contribution in [3.8, 4) is 0 Å². The molecule has 0 aromatic rings. The van der Waals surface area contributed by atoms with Gasteiger partial charge in [0.25, 0.3) is 0 Å². The Morgan fingerprint density at radius 1 is 1.14 bits per heavy atom. The van der Waals surface area contributed by atoms with Gasteiger partial charge in [-0.1, -0.05) is 13.8 Å². The average molecular weight is 196 g/mol. The molecule has 3 atom stereocenters. The molecule has 82 valence electrons. The van der Waals surface area contributed by atoms with Gasteiger partial charge in [-0.15, -0.1) is 0 Å². The normalized spacial score (nSPS) is 44.8. The van der Waals surface area contributed by atoms with Crippen LogP contribution in [-0.2, 0) is 0 Å². The second-order valence-electron chi connectivity index (χ2n) is 5.49. The molecule has 0 aromatic heterocycles. The van der Waals surface area contributed by atoms with Crippen molar-refractivity contribution >= 4 is 0 Å². The van der Waals surface area contributed by atoms with Crippen LogP contribution in [0.2, 0.25) is 0 Å². The summed E-state index contributed by atoms with van der Waals surface area (Å²) in [5.74, 6) is 1.84. The highest BCUT2D eigenvalue weighted by Gasteiger charge is 2.36. The van der Waals surface area contributed by atoms with Crippen LogP contribution in [0.15, 0.2) is 0 Å². The van der Waals surface area contributed by atoms with Crippen molar-refractivity contribution < 1.29 is 0 Å². The van der Waals surface area contributed by atoms with Crippen LogP contribution in [-0.4, -0.2) is 30.1 Å². The van der Waals surface area contributed by atoms with E-state index in [1.54, 1.807) is 0 Å². The van der Waals surface area contributed by atoms with Crippen molar-refractivity contribution in [1.82, 2.24) is 4.90 Å². The van der Waals surface area contributed by atoms with E-state index in [2.05, 4.69) is 18.7 Å². The molecule has 2 heteroatoms. The minimum Gasteiger partial charge on any atom is -0.329 e. The summed E-state index contributed by atoms with van der Waals surface area (Å²) in [4.78, 5) is 2.66. The highest BCUT2D eigenvalue weighted by molar-refractivity contribution is 4.92. The molecule has 2 fully saturated rings. The van der Waals surface area contributed by atoms with E-state index in [0.717, 1.165) is 24.4 Å².